The van der Waals surface area contributed by atoms with Gasteiger partial charge in [-0.05, 0) is 36.3 Å². The van der Waals surface area contributed by atoms with E-state index in [0.29, 0.717) is 11.4 Å². The topological polar surface area (TPSA) is 49.4 Å². The molecule has 2 atom stereocenters. The highest BCUT2D eigenvalue weighted by molar-refractivity contribution is 7.93. The van der Waals surface area contributed by atoms with Crippen molar-refractivity contribution in [2.24, 2.45) is 0 Å². The first-order chi connectivity index (χ1) is 13.1. The van der Waals surface area contributed by atoms with Gasteiger partial charge in [0, 0.05) is 18.2 Å². The fourth-order valence-electron chi connectivity index (χ4n) is 4.10. The zero-order chi connectivity index (χ0) is 19.0. The summed E-state index contributed by atoms with van der Waals surface area (Å²) in [4.78, 5) is 0.305. The number of para-hydroxylation sites is 1. The first-order valence-electron chi connectivity index (χ1n) is 9.01. The van der Waals surface area contributed by atoms with Gasteiger partial charge in [-0.3, -0.25) is 4.31 Å². The maximum absolute atomic E-state index is 13.6. The van der Waals surface area contributed by atoms with Crippen molar-refractivity contribution in [3.8, 4) is 0 Å². The summed E-state index contributed by atoms with van der Waals surface area (Å²) < 4.78 is 28.9. The molecule has 5 heteroatoms. The predicted molar refractivity (Wildman–Crippen MR) is 109 cm³/mol. The largest absolute Gasteiger partial charge is 0.384 e. The molecular formula is C22H22N2O2S. The number of benzene rings is 2. The van der Waals surface area contributed by atoms with Crippen LogP contribution in [0.1, 0.15) is 18.4 Å². The first-order valence-corrected chi connectivity index (χ1v) is 10.4. The zero-order valence-electron chi connectivity index (χ0n) is 15.2. The van der Waals surface area contributed by atoms with Crippen LogP contribution in [0.2, 0.25) is 0 Å². The molecule has 2 aliphatic heterocycles. The van der Waals surface area contributed by atoms with Gasteiger partial charge in [0.05, 0.1) is 16.6 Å². The number of sulfonamides is 1. The molecule has 2 heterocycles. The molecule has 0 aromatic heterocycles. The number of hydrogen-bond donors (Lipinski definition) is 1. The Kier molecular flexibility index (Phi) is 4.40. The second-order valence-electron chi connectivity index (χ2n) is 6.67. The predicted octanol–water partition coefficient (Wildman–Crippen LogP) is 3.97. The van der Waals surface area contributed by atoms with E-state index in [2.05, 4.69) is 11.9 Å². The van der Waals surface area contributed by atoms with Crippen LogP contribution in [0.25, 0.3) is 0 Å². The molecule has 1 saturated heterocycles. The monoisotopic (exact) mass is 378 g/mol. The van der Waals surface area contributed by atoms with Gasteiger partial charge in [-0.25, -0.2) is 8.42 Å². The Balaban J connectivity index is 1.95. The zero-order valence-corrected chi connectivity index (χ0v) is 16.0. The Hall–Kier alpha value is -2.79. The molecule has 1 fully saturated rings. The van der Waals surface area contributed by atoms with Crippen LogP contribution in [0.15, 0.2) is 95.6 Å². The van der Waals surface area contributed by atoms with Gasteiger partial charge < -0.3 is 5.32 Å². The van der Waals surface area contributed by atoms with E-state index in [-0.39, 0.29) is 12.0 Å². The molecule has 1 N–H and O–H groups in total. The lowest BCUT2D eigenvalue weighted by Crippen LogP contribution is -2.47. The van der Waals surface area contributed by atoms with Gasteiger partial charge in [0.25, 0.3) is 10.0 Å². The fraction of sp³-hybridized carbons (Fsp3) is 0.182. The van der Waals surface area contributed by atoms with E-state index in [4.69, 9.17) is 0 Å². The molecule has 2 aromatic rings. The quantitative estimate of drug-likeness (QED) is 0.879. The van der Waals surface area contributed by atoms with E-state index in [1.165, 1.54) is 0 Å². The second-order valence-corrected chi connectivity index (χ2v) is 8.48. The highest BCUT2D eigenvalue weighted by Crippen LogP contribution is 2.48. The highest BCUT2D eigenvalue weighted by Gasteiger charge is 2.48. The number of piperidine rings is 1. The Labute approximate surface area is 160 Å². The van der Waals surface area contributed by atoms with E-state index in [9.17, 15) is 8.42 Å². The van der Waals surface area contributed by atoms with E-state index in [1.807, 2.05) is 49.4 Å². The fourth-order valence-corrected chi connectivity index (χ4v) is 5.81. The third-order valence-corrected chi connectivity index (χ3v) is 7.05. The van der Waals surface area contributed by atoms with Crippen molar-refractivity contribution in [1.29, 1.82) is 0 Å². The Morgan fingerprint density at radius 3 is 2.52 bits per heavy atom. The van der Waals surface area contributed by atoms with Crippen LogP contribution < -0.4 is 9.62 Å². The summed E-state index contributed by atoms with van der Waals surface area (Å²) in [6.45, 7) is 6.48. The molecule has 2 unspecified atom stereocenters. The van der Waals surface area contributed by atoms with Crippen molar-refractivity contribution in [1.82, 2.24) is 5.32 Å². The Morgan fingerprint density at radius 1 is 1.11 bits per heavy atom. The third kappa shape index (κ3) is 2.70. The molecular weight excluding hydrogens is 356 g/mol. The molecule has 0 bridgehead atoms. The van der Waals surface area contributed by atoms with Gasteiger partial charge in [-0.15, -0.1) is 0 Å². The van der Waals surface area contributed by atoms with Gasteiger partial charge in [0.15, 0.2) is 0 Å². The first kappa shape index (κ1) is 17.6. The molecule has 138 valence electrons. The van der Waals surface area contributed by atoms with Gasteiger partial charge in [0.2, 0.25) is 0 Å². The molecule has 2 aliphatic rings. The molecule has 2 aromatic carbocycles. The van der Waals surface area contributed by atoms with Crippen molar-refractivity contribution in [3.05, 3.63) is 96.2 Å². The van der Waals surface area contributed by atoms with Crippen molar-refractivity contribution in [3.63, 3.8) is 0 Å². The van der Waals surface area contributed by atoms with Crippen LogP contribution in [0.3, 0.4) is 0 Å². The number of nitrogens with zero attached hydrogens (tertiary/aromatic N) is 1. The van der Waals surface area contributed by atoms with Gasteiger partial charge in [-0.1, -0.05) is 61.2 Å². The Morgan fingerprint density at radius 2 is 1.81 bits per heavy atom. The van der Waals surface area contributed by atoms with Crippen LogP contribution >= 0.6 is 0 Å². The molecule has 4 nitrogen and oxygen atoms in total. The summed E-state index contributed by atoms with van der Waals surface area (Å²) in [7, 11) is -3.70. The van der Waals surface area contributed by atoms with Crippen LogP contribution in [0, 0.1) is 0 Å². The van der Waals surface area contributed by atoms with Crippen molar-refractivity contribution < 1.29 is 8.42 Å². The molecule has 0 saturated carbocycles. The average molecular weight is 378 g/mol. The highest BCUT2D eigenvalue weighted by atomic mass is 32.2. The molecule has 0 spiro atoms. The number of allylic oxidation sites excluding steroid dienone is 3. The van der Waals surface area contributed by atoms with E-state index >= 15 is 0 Å². The minimum absolute atomic E-state index is 0.0505. The SMILES string of the molecule is C=CC=C1/C(=C\C)NCC2c3ccccc3N(S(=O)(=O)c3ccccc3)C12. The summed E-state index contributed by atoms with van der Waals surface area (Å²) in [5, 5.41) is 3.45. The number of hydrogen-bond acceptors (Lipinski definition) is 3. The Bertz CT molecular complexity index is 1040. The lowest BCUT2D eigenvalue weighted by Gasteiger charge is -2.37. The number of rotatable bonds is 3. The van der Waals surface area contributed by atoms with Crippen molar-refractivity contribution in [2.75, 3.05) is 10.8 Å². The number of anilines is 1. The van der Waals surface area contributed by atoms with Crippen LogP contribution in [-0.2, 0) is 10.0 Å². The van der Waals surface area contributed by atoms with Crippen molar-refractivity contribution >= 4 is 15.7 Å². The normalized spacial score (nSPS) is 24.4. The van der Waals surface area contributed by atoms with Crippen molar-refractivity contribution in [2.45, 2.75) is 23.8 Å². The maximum atomic E-state index is 13.6. The lowest BCUT2D eigenvalue weighted by molar-refractivity contribution is 0.530. The van der Waals surface area contributed by atoms with Crippen LogP contribution in [0.4, 0.5) is 5.69 Å². The summed E-state index contributed by atoms with van der Waals surface area (Å²) in [5.74, 6) is 0.0505. The van der Waals surface area contributed by atoms with E-state index < -0.39 is 10.0 Å². The molecule has 27 heavy (non-hydrogen) atoms. The summed E-state index contributed by atoms with van der Waals surface area (Å²) in [5.41, 5.74) is 3.71. The lowest BCUT2D eigenvalue weighted by atomic mass is 9.85. The summed E-state index contributed by atoms with van der Waals surface area (Å²) >= 11 is 0. The smallest absolute Gasteiger partial charge is 0.264 e. The number of fused-ring (bicyclic) bond motifs is 3. The van der Waals surface area contributed by atoms with E-state index in [1.54, 1.807) is 34.6 Å². The minimum Gasteiger partial charge on any atom is -0.384 e. The summed E-state index contributed by atoms with van der Waals surface area (Å²) in [6, 6.07) is 16.1. The number of nitrogens with one attached hydrogen (secondary N) is 1. The summed E-state index contributed by atoms with van der Waals surface area (Å²) in [6.07, 6.45) is 5.62. The van der Waals surface area contributed by atoms with Gasteiger partial charge in [-0.2, -0.15) is 0 Å². The third-order valence-electron chi connectivity index (χ3n) is 5.24. The molecule has 0 amide bonds. The molecule has 0 aliphatic carbocycles. The minimum atomic E-state index is -3.70. The van der Waals surface area contributed by atoms with Gasteiger partial charge in [0.1, 0.15) is 0 Å². The maximum Gasteiger partial charge on any atom is 0.264 e. The molecule has 0 radical (unpaired) electrons. The average Bonchev–Trinajstić information content (AvgIpc) is 3.05. The van der Waals surface area contributed by atoms with Crippen LogP contribution in [-0.4, -0.2) is 21.0 Å². The standard InChI is InChI=1S/C22H22N2O2S/c1-3-10-18-20(4-2)23-15-19-17-13-8-9-14-21(17)24(22(18)19)27(25,26)16-11-6-5-7-12-16/h3-14,19,22-23H,1,15H2,2H3/b18-10?,20-4+. The second kappa shape index (κ2) is 6.74. The molecule has 4 rings (SSSR count). The van der Waals surface area contributed by atoms with Crippen LogP contribution in [0.5, 0.6) is 0 Å². The van der Waals surface area contributed by atoms with E-state index in [0.717, 1.165) is 22.5 Å². The van der Waals surface area contributed by atoms with Gasteiger partial charge >= 0.3 is 0 Å².